The van der Waals surface area contributed by atoms with E-state index < -0.39 is 0 Å². The Morgan fingerprint density at radius 1 is 1.45 bits per heavy atom. The molecule has 1 atom stereocenters. The maximum absolute atomic E-state index is 12.3. The molecular formula is C14H24N4O2. The number of rotatable bonds is 4. The van der Waals surface area contributed by atoms with E-state index in [1.807, 2.05) is 25.8 Å². The Balaban J connectivity index is 1.97. The normalized spacial score (nSPS) is 19.2. The average Bonchev–Trinajstić information content (AvgIpc) is 2.70. The van der Waals surface area contributed by atoms with E-state index in [1.165, 1.54) is 0 Å². The van der Waals surface area contributed by atoms with Crippen molar-refractivity contribution in [2.75, 3.05) is 19.7 Å². The molecule has 1 fully saturated rings. The van der Waals surface area contributed by atoms with E-state index in [0.29, 0.717) is 12.3 Å². The lowest BCUT2D eigenvalue weighted by Gasteiger charge is -2.34. The van der Waals surface area contributed by atoms with E-state index in [0.717, 1.165) is 37.2 Å². The van der Waals surface area contributed by atoms with E-state index in [9.17, 15) is 4.79 Å². The number of amides is 1. The van der Waals surface area contributed by atoms with Crippen molar-refractivity contribution in [1.82, 2.24) is 14.7 Å². The third kappa shape index (κ3) is 2.95. The van der Waals surface area contributed by atoms with Gasteiger partial charge in [0.15, 0.2) is 12.4 Å². The summed E-state index contributed by atoms with van der Waals surface area (Å²) in [4.78, 5) is 14.2. The second kappa shape index (κ2) is 6.26. The molecule has 1 aliphatic heterocycles. The summed E-state index contributed by atoms with van der Waals surface area (Å²) in [7, 11) is 1.87. The molecule has 0 aromatic carbocycles. The van der Waals surface area contributed by atoms with Gasteiger partial charge in [0.05, 0.1) is 5.69 Å². The minimum atomic E-state index is 0.0165. The molecule has 0 aliphatic carbocycles. The molecule has 1 aromatic heterocycles. The highest BCUT2D eigenvalue weighted by atomic mass is 16.5. The number of likely N-dealkylation sites (tertiary alicyclic amines) is 1. The van der Waals surface area contributed by atoms with Crippen molar-refractivity contribution in [3.63, 3.8) is 0 Å². The van der Waals surface area contributed by atoms with Crippen molar-refractivity contribution >= 4 is 5.91 Å². The first kappa shape index (κ1) is 14.8. The number of carbonyl (C=O) groups is 1. The van der Waals surface area contributed by atoms with E-state index in [4.69, 9.17) is 10.5 Å². The molecule has 2 heterocycles. The number of nitrogens with zero attached hydrogens (tertiary/aromatic N) is 3. The Labute approximate surface area is 119 Å². The zero-order valence-electron chi connectivity index (χ0n) is 12.6. The van der Waals surface area contributed by atoms with Crippen molar-refractivity contribution in [3.05, 3.63) is 11.4 Å². The van der Waals surface area contributed by atoms with Crippen LogP contribution in [-0.2, 0) is 11.8 Å². The summed E-state index contributed by atoms with van der Waals surface area (Å²) in [5, 5.41) is 4.28. The number of hydrogen-bond donors (Lipinski definition) is 1. The SMILES string of the molecule is Cc1nn(C)c(C)c1OCC(=O)N1CCCC[C@H]1CN. The van der Waals surface area contributed by atoms with Crippen LogP contribution in [0.15, 0.2) is 0 Å². The van der Waals surface area contributed by atoms with Crippen LogP contribution in [0.3, 0.4) is 0 Å². The van der Waals surface area contributed by atoms with Crippen LogP contribution < -0.4 is 10.5 Å². The molecule has 6 nitrogen and oxygen atoms in total. The minimum Gasteiger partial charge on any atom is -0.480 e. The molecule has 0 bridgehead atoms. The van der Waals surface area contributed by atoms with E-state index in [2.05, 4.69) is 5.10 Å². The average molecular weight is 280 g/mol. The predicted molar refractivity (Wildman–Crippen MR) is 76.6 cm³/mol. The first-order valence-electron chi connectivity index (χ1n) is 7.17. The summed E-state index contributed by atoms with van der Waals surface area (Å²) in [6, 6.07) is 0.163. The number of carbonyl (C=O) groups excluding carboxylic acids is 1. The van der Waals surface area contributed by atoms with Crippen LogP contribution in [0.2, 0.25) is 0 Å². The van der Waals surface area contributed by atoms with Gasteiger partial charge < -0.3 is 15.4 Å². The maximum atomic E-state index is 12.3. The van der Waals surface area contributed by atoms with Crippen LogP contribution in [0.4, 0.5) is 0 Å². The van der Waals surface area contributed by atoms with Crippen LogP contribution in [0.5, 0.6) is 5.75 Å². The Bertz CT molecular complexity index is 484. The van der Waals surface area contributed by atoms with Gasteiger partial charge in [-0.25, -0.2) is 0 Å². The van der Waals surface area contributed by atoms with Crippen LogP contribution >= 0.6 is 0 Å². The number of piperidine rings is 1. The molecule has 20 heavy (non-hydrogen) atoms. The Morgan fingerprint density at radius 3 is 2.80 bits per heavy atom. The Morgan fingerprint density at radius 2 is 2.20 bits per heavy atom. The highest BCUT2D eigenvalue weighted by molar-refractivity contribution is 5.78. The number of aryl methyl sites for hydroxylation is 2. The van der Waals surface area contributed by atoms with Crippen LogP contribution in [-0.4, -0.2) is 46.3 Å². The lowest BCUT2D eigenvalue weighted by Crippen LogP contribution is -2.49. The highest BCUT2D eigenvalue weighted by Crippen LogP contribution is 2.22. The van der Waals surface area contributed by atoms with Gasteiger partial charge in [-0.1, -0.05) is 0 Å². The first-order chi connectivity index (χ1) is 9.54. The summed E-state index contributed by atoms with van der Waals surface area (Å²) in [6.45, 7) is 5.19. The van der Waals surface area contributed by atoms with E-state index in [1.54, 1.807) is 4.68 Å². The summed E-state index contributed by atoms with van der Waals surface area (Å²) in [5.41, 5.74) is 7.49. The molecular weight excluding hydrogens is 256 g/mol. The van der Waals surface area contributed by atoms with Crippen LogP contribution in [0.1, 0.15) is 30.7 Å². The third-order valence-corrected chi connectivity index (χ3v) is 4.00. The summed E-state index contributed by atoms with van der Waals surface area (Å²) in [6.07, 6.45) is 3.19. The van der Waals surface area contributed by atoms with Gasteiger partial charge >= 0.3 is 0 Å². The molecule has 1 amide bonds. The standard InChI is InChI=1S/C14H24N4O2/c1-10-14(11(2)17(3)16-10)20-9-13(19)18-7-5-4-6-12(18)8-15/h12H,4-9,15H2,1-3H3/t12-/m0/s1. The summed E-state index contributed by atoms with van der Waals surface area (Å²) >= 11 is 0. The molecule has 2 N–H and O–H groups in total. The van der Waals surface area contributed by atoms with Gasteiger partial charge in [-0.05, 0) is 33.1 Å². The molecule has 112 valence electrons. The quantitative estimate of drug-likeness (QED) is 0.883. The lowest BCUT2D eigenvalue weighted by atomic mass is 10.0. The molecule has 1 aliphatic rings. The second-order valence-electron chi connectivity index (χ2n) is 5.38. The second-order valence-corrected chi connectivity index (χ2v) is 5.38. The van der Waals surface area contributed by atoms with Crippen molar-refractivity contribution in [2.45, 2.75) is 39.2 Å². The molecule has 0 spiro atoms. The smallest absolute Gasteiger partial charge is 0.260 e. The molecule has 2 rings (SSSR count). The molecule has 1 aromatic rings. The number of ether oxygens (including phenoxy) is 1. The van der Waals surface area contributed by atoms with Crippen molar-refractivity contribution in [2.24, 2.45) is 12.8 Å². The zero-order valence-corrected chi connectivity index (χ0v) is 12.6. The Kier molecular flexibility index (Phi) is 4.65. The van der Waals surface area contributed by atoms with Crippen molar-refractivity contribution in [3.8, 4) is 5.75 Å². The fraction of sp³-hybridized carbons (Fsp3) is 0.714. The van der Waals surface area contributed by atoms with Gasteiger partial charge in [-0.15, -0.1) is 0 Å². The monoisotopic (exact) mass is 280 g/mol. The van der Waals surface area contributed by atoms with Crippen molar-refractivity contribution in [1.29, 1.82) is 0 Å². The van der Waals surface area contributed by atoms with Gasteiger partial charge in [0, 0.05) is 26.2 Å². The number of nitrogens with two attached hydrogens (primary N) is 1. The third-order valence-electron chi connectivity index (χ3n) is 4.00. The molecule has 0 saturated carbocycles. The minimum absolute atomic E-state index is 0.0165. The van der Waals surface area contributed by atoms with E-state index >= 15 is 0 Å². The lowest BCUT2D eigenvalue weighted by molar-refractivity contribution is -0.136. The largest absolute Gasteiger partial charge is 0.480 e. The van der Waals surface area contributed by atoms with Gasteiger partial charge in [-0.3, -0.25) is 9.48 Å². The first-order valence-corrected chi connectivity index (χ1v) is 7.17. The molecule has 0 unspecified atom stereocenters. The zero-order chi connectivity index (χ0) is 14.7. The van der Waals surface area contributed by atoms with E-state index in [-0.39, 0.29) is 18.6 Å². The fourth-order valence-electron chi connectivity index (χ4n) is 2.75. The number of aromatic nitrogens is 2. The highest BCUT2D eigenvalue weighted by Gasteiger charge is 2.26. The molecule has 0 radical (unpaired) electrons. The Hall–Kier alpha value is -1.56. The van der Waals surface area contributed by atoms with Crippen LogP contribution in [0, 0.1) is 13.8 Å². The summed E-state index contributed by atoms with van der Waals surface area (Å²) < 4.78 is 7.44. The fourth-order valence-corrected chi connectivity index (χ4v) is 2.75. The number of hydrogen-bond acceptors (Lipinski definition) is 4. The predicted octanol–water partition coefficient (Wildman–Crippen LogP) is 0.756. The maximum Gasteiger partial charge on any atom is 0.260 e. The van der Waals surface area contributed by atoms with Crippen molar-refractivity contribution < 1.29 is 9.53 Å². The van der Waals surface area contributed by atoms with Gasteiger partial charge in [0.25, 0.3) is 5.91 Å². The van der Waals surface area contributed by atoms with Gasteiger partial charge in [-0.2, -0.15) is 5.10 Å². The molecule has 1 saturated heterocycles. The summed E-state index contributed by atoms with van der Waals surface area (Å²) in [5.74, 6) is 0.727. The van der Waals surface area contributed by atoms with Gasteiger partial charge in [0.2, 0.25) is 0 Å². The van der Waals surface area contributed by atoms with Crippen LogP contribution in [0.25, 0.3) is 0 Å². The topological polar surface area (TPSA) is 73.4 Å². The van der Waals surface area contributed by atoms with Gasteiger partial charge in [0.1, 0.15) is 5.69 Å². The molecule has 6 heteroatoms.